The highest BCUT2D eigenvalue weighted by Gasteiger charge is 2.13. The molecular formula is C13H9Cl2NO. The van der Waals surface area contributed by atoms with Crippen LogP contribution >= 0.6 is 23.2 Å². The summed E-state index contributed by atoms with van der Waals surface area (Å²) in [6.07, 6.45) is 0.751. The minimum atomic E-state index is 0.477. The molecule has 4 heteroatoms. The van der Waals surface area contributed by atoms with E-state index in [9.17, 15) is 4.79 Å². The minimum absolute atomic E-state index is 0.477. The molecule has 17 heavy (non-hydrogen) atoms. The maximum Gasteiger partial charge on any atom is 0.152 e. The van der Waals surface area contributed by atoms with Crippen LogP contribution in [0.4, 0.5) is 0 Å². The second-order valence-electron chi connectivity index (χ2n) is 3.60. The van der Waals surface area contributed by atoms with Crippen molar-refractivity contribution in [2.24, 2.45) is 0 Å². The van der Waals surface area contributed by atoms with Gasteiger partial charge in [0.05, 0.1) is 15.7 Å². The normalized spacial score (nSPS) is 10.3. The van der Waals surface area contributed by atoms with Crippen LogP contribution in [-0.4, -0.2) is 11.3 Å². The molecule has 0 aliphatic heterocycles. The van der Waals surface area contributed by atoms with Crippen LogP contribution in [0.25, 0.3) is 11.3 Å². The number of carbonyl (C=O) groups is 1. The van der Waals surface area contributed by atoms with Gasteiger partial charge in [0.2, 0.25) is 0 Å². The Morgan fingerprint density at radius 3 is 2.35 bits per heavy atom. The van der Waals surface area contributed by atoms with E-state index in [1.165, 1.54) is 0 Å². The van der Waals surface area contributed by atoms with Gasteiger partial charge in [-0.3, -0.25) is 9.78 Å². The monoisotopic (exact) mass is 265 g/mol. The Labute approximate surface area is 109 Å². The van der Waals surface area contributed by atoms with E-state index in [0.29, 0.717) is 26.9 Å². The Bertz CT molecular complexity index is 561. The summed E-state index contributed by atoms with van der Waals surface area (Å²) in [5.74, 6) is 0. The van der Waals surface area contributed by atoms with Crippen molar-refractivity contribution in [3.05, 3.63) is 51.6 Å². The highest BCUT2D eigenvalue weighted by molar-refractivity contribution is 6.39. The van der Waals surface area contributed by atoms with Gasteiger partial charge in [-0.15, -0.1) is 0 Å². The van der Waals surface area contributed by atoms with E-state index in [4.69, 9.17) is 23.2 Å². The second kappa shape index (κ2) is 4.86. The minimum Gasteiger partial charge on any atom is -0.298 e. The number of rotatable bonds is 2. The highest BCUT2D eigenvalue weighted by atomic mass is 35.5. The summed E-state index contributed by atoms with van der Waals surface area (Å²) < 4.78 is 0. The molecule has 1 aromatic carbocycles. The van der Waals surface area contributed by atoms with Gasteiger partial charge in [-0.05, 0) is 31.2 Å². The van der Waals surface area contributed by atoms with Crippen LogP contribution in [0.2, 0.25) is 10.0 Å². The summed E-state index contributed by atoms with van der Waals surface area (Å²) in [5, 5.41) is 0.970. The molecule has 2 rings (SSSR count). The SMILES string of the molecule is Cc1ccc(C=O)c(-c2c(Cl)cccc2Cl)n1. The van der Waals surface area contributed by atoms with E-state index in [1.54, 1.807) is 30.3 Å². The number of hydrogen-bond donors (Lipinski definition) is 0. The smallest absolute Gasteiger partial charge is 0.152 e. The molecule has 0 amide bonds. The van der Waals surface area contributed by atoms with Gasteiger partial charge in [-0.1, -0.05) is 29.3 Å². The number of pyridine rings is 1. The molecule has 0 fully saturated rings. The van der Waals surface area contributed by atoms with Crippen LogP contribution in [0.15, 0.2) is 30.3 Å². The van der Waals surface area contributed by atoms with Crippen LogP contribution in [0.5, 0.6) is 0 Å². The summed E-state index contributed by atoms with van der Waals surface area (Å²) in [7, 11) is 0. The van der Waals surface area contributed by atoms with Gasteiger partial charge in [0.25, 0.3) is 0 Å². The van der Waals surface area contributed by atoms with E-state index < -0.39 is 0 Å². The van der Waals surface area contributed by atoms with E-state index in [0.717, 1.165) is 12.0 Å². The zero-order valence-electron chi connectivity index (χ0n) is 9.08. The van der Waals surface area contributed by atoms with Crippen molar-refractivity contribution in [3.63, 3.8) is 0 Å². The van der Waals surface area contributed by atoms with Crippen LogP contribution < -0.4 is 0 Å². The van der Waals surface area contributed by atoms with E-state index >= 15 is 0 Å². The lowest BCUT2D eigenvalue weighted by Gasteiger charge is -2.09. The molecule has 0 aliphatic carbocycles. The first kappa shape index (κ1) is 12.1. The van der Waals surface area contributed by atoms with E-state index in [1.807, 2.05) is 6.92 Å². The number of benzene rings is 1. The molecule has 0 unspecified atom stereocenters. The number of halogens is 2. The molecule has 0 atom stereocenters. The van der Waals surface area contributed by atoms with Crippen molar-refractivity contribution < 1.29 is 4.79 Å². The average Bonchev–Trinajstić information content (AvgIpc) is 2.29. The summed E-state index contributed by atoms with van der Waals surface area (Å²) in [4.78, 5) is 15.3. The number of aldehydes is 1. The van der Waals surface area contributed by atoms with Gasteiger partial charge in [0.15, 0.2) is 6.29 Å². The molecule has 0 spiro atoms. The number of aryl methyl sites for hydroxylation is 1. The maximum atomic E-state index is 11.0. The first-order valence-electron chi connectivity index (χ1n) is 5.00. The largest absolute Gasteiger partial charge is 0.298 e. The fourth-order valence-corrected chi connectivity index (χ4v) is 2.16. The predicted molar refractivity (Wildman–Crippen MR) is 69.8 cm³/mol. The van der Waals surface area contributed by atoms with Crippen molar-refractivity contribution in [1.29, 1.82) is 0 Å². The number of carbonyl (C=O) groups excluding carboxylic acids is 1. The Hall–Kier alpha value is -1.38. The highest BCUT2D eigenvalue weighted by Crippen LogP contribution is 2.34. The van der Waals surface area contributed by atoms with Crippen LogP contribution in [-0.2, 0) is 0 Å². The Balaban J connectivity index is 2.75. The van der Waals surface area contributed by atoms with Gasteiger partial charge in [-0.2, -0.15) is 0 Å². The molecule has 0 saturated carbocycles. The molecule has 86 valence electrons. The van der Waals surface area contributed by atoms with Gasteiger partial charge < -0.3 is 0 Å². The molecule has 2 nitrogen and oxygen atoms in total. The number of hydrogen-bond acceptors (Lipinski definition) is 2. The topological polar surface area (TPSA) is 30.0 Å². The summed E-state index contributed by atoms with van der Waals surface area (Å²) in [6.45, 7) is 1.85. The van der Waals surface area contributed by atoms with Crippen LogP contribution in [0, 0.1) is 6.92 Å². The molecule has 1 heterocycles. The molecule has 0 saturated heterocycles. The van der Waals surface area contributed by atoms with Crippen molar-refractivity contribution in [1.82, 2.24) is 4.98 Å². The maximum absolute atomic E-state index is 11.0. The molecule has 2 aromatic rings. The predicted octanol–water partition coefficient (Wildman–Crippen LogP) is 4.18. The Kier molecular flexibility index (Phi) is 3.46. The first-order chi connectivity index (χ1) is 8.13. The molecule has 1 aromatic heterocycles. The zero-order chi connectivity index (χ0) is 12.4. The molecular weight excluding hydrogens is 257 g/mol. The van der Waals surface area contributed by atoms with Gasteiger partial charge in [0, 0.05) is 16.8 Å². The molecule has 0 radical (unpaired) electrons. The number of nitrogens with zero attached hydrogens (tertiary/aromatic N) is 1. The second-order valence-corrected chi connectivity index (χ2v) is 4.42. The lowest BCUT2D eigenvalue weighted by Crippen LogP contribution is -1.95. The zero-order valence-corrected chi connectivity index (χ0v) is 10.6. The average molecular weight is 266 g/mol. The first-order valence-corrected chi connectivity index (χ1v) is 5.76. The van der Waals surface area contributed by atoms with E-state index in [2.05, 4.69) is 4.98 Å². The summed E-state index contributed by atoms with van der Waals surface area (Å²) >= 11 is 12.2. The summed E-state index contributed by atoms with van der Waals surface area (Å²) in [6, 6.07) is 8.69. The standard InChI is InChI=1S/C13H9Cl2NO/c1-8-5-6-9(7-17)13(16-8)12-10(14)3-2-4-11(12)15/h2-7H,1H3. The number of aromatic nitrogens is 1. The molecule has 0 N–H and O–H groups in total. The molecule has 0 aliphatic rings. The quantitative estimate of drug-likeness (QED) is 0.763. The Morgan fingerprint density at radius 1 is 1.12 bits per heavy atom. The molecule has 0 bridgehead atoms. The Morgan fingerprint density at radius 2 is 1.76 bits per heavy atom. The van der Waals surface area contributed by atoms with E-state index in [-0.39, 0.29) is 0 Å². The third-order valence-corrected chi connectivity index (χ3v) is 3.02. The fourth-order valence-electron chi connectivity index (χ4n) is 1.59. The lowest BCUT2D eigenvalue weighted by atomic mass is 10.1. The third kappa shape index (κ3) is 2.33. The fraction of sp³-hybridized carbons (Fsp3) is 0.0769. The summed E-state index contributed by atoms with van der Waals surface area (Å²) in [5.41, 5.74) is 2.41. The van der Waals surface area contributed by atoms with Crippen molar-refractivity contribution in [3.8, 4) is 11.3 Å². The van der Waals surface area contributed by atoms with Gasteiger partial charge in [0.1, 0.15) is 0 Å². The third-order valence-electron chi connectivity index (χ3n) is 2.39. The lowest BCUT2D eigenvalue weighted by molar-refractivity contribution is 0.112. The van der Waals surface area contributed by atoms with Crippen LogP contribution in [0.1, 0.15) is 16.1 Å². The van der Waals surface area contributed by atoms with Gasteiger partial charge in [-0.25, -0.2) is 0 Å². The van der Waals surface area contributed by atoms with Crippen molar-refractivity contribution in [2.75, 3.05) is 0 Å². The van der Waals surface area contributed by atoms with Gasteiger partial charge >= 0.3 is 0 Å². The van der Waals surface area contributed by atoms with Crippen LogP contribution in [0.3, 0.4) is 0 Å². The van der Waals surface area contributed by atoms with Crippen molar-refractivity contribution >= 4 is 29.5 Å². The van der Waals surface area contributed by atoms with Crippen molar-refractivity contribution in [2.45, 2.75) is 6.92 Å².